The minimum absolute atomic E-state index is 0.230. The SMILES string of the molecule is COc1c(Cl)ncnc1Oc1ccc(C(C)C)c(C)c1. The van der Waals surface area contributed by atoms with Gasteiger partial charge in [0.05, 0.1) is 7.11 Å². The minimum Gasteiger partial charge on any atom is -0.489 e. The topological polar surface area (TPSA) is 44.2 Å². The number of rotatable bonds is 4. The third-order valence-corrected chi connectivity index (χ3v) is 3.28. The maximum absolute atomic E-state index is 5.94. The van der Waals surface area contributed by atoms with Crippen molar-refractivity contribution >= 4 is 11.6 Å². The fourth-order valence-electron chi connectivity index (χ4n) is 2.05. The van der Waals surface area contributed by atoms with Crippen LogP contribution in [0, 0.1) is 6.92 Å². The van der Waals surface area contributed by atoms with Crippen LogP contribution < -0.4 is 9.47 Å². The Morgan fingerprint density at radius 3 is 2.55 bits per heavy atom. The number of methoxy groups -OCH3 is 1. The van der Waals surface area contributed by atoms with Crippen molar-refractivity contribution in [2.45, 2.75) is 26.7 Å². The van der Waals surface area contributed by atoms with Gasteiger partial charge >= 0.3 is 0 Å². The minimum atomic E-state index is 0.230. The van der Waals surface area contributed by atoms with Crippen LogP contribution in [0.4, 0.5) is 0 Å². The van der Waals surface area contributed by atoms with Crippen molar-refractivity contribution in [3.63, 3.8) is 0 Å². The number of halogens is 1. The van der Waals surface area contributed by atoms with E-state index < -0.39 is 0 Å². The van der Waals surface area contributed by atoms with Crippen LogP contribution in [0.15, 0.2) is 24.5 Å². The van der Waals surface area contributed by atoms with Gasteiger partial charge in [-0.3, -0.25) is 0 Å². The van der Waals surface area contributed by atoms with E-state index in [1.807, 2.05) is 12.1 Å². The van der Waals surface area contributed by atoms with Gasteiger partial charge in [0.15, 0.2) is 5.15 Å². The molecule has 20 heavy (non-hydrogen) atoms. The highest BCUT2D eigenvalue weighted by Crippen LogP contribution is 2.34. The number of aromatic nitrogens is 2. The second-order valence-corrected chi connectivity index (χ2v) is 5.14. The molecule has 106 valence electrons. The average molecular weight is 293 g/mol. The molecule has 4 nitrogen and oxygen atoms in total. The fraction of sp³-hybridized carbons (Fsp3) is 0.333. The molecule has 0 aliphatic rings. The molecule has 0 unspecified atom stereocenters. The lowest BCUT2D eigenvalue weighted by atomic mass is 9.98. The summed E-state index contributed by atoms with van der Waals surface area (Å²) in [5.41, 5.74) is 2.47. The predicted molar refractivity (Wildman–Crippen MR) is 78.9 cm³/mol. The van der Waals surface area contributed by atoms with E-state index in [4.69, 9.17) is 21.1 Å². The summed E-state index contributed by atoms with van der Waals surface area (Å²) >= 11 is 5.94. The van der Waals surface area contributed by atoms with Gasteiger partial charge in [-0.05, 0) is 36.1 Å². The van der Waals surface area contributed by atoms with E-state index in [1.54, 1.807) is 0 Å². The Hall–Kier alpha value is -1.81. The number of nitrogens with zero attached hydrogens (tertiary/aromatic N) is 2. The van der Waals surface area contributed by atoms with E-state index in [0.717, 1.165) is 0 Å². The van der Waals surface area contributed by atoms with Crippen LogP contribution in [0.3, 0.4) is 0 Å². The molecule has 1 aromatic carbocycles. The molecule has 2 rings (SSSR count). The molecule has 0 saturated heterocycles. The largest absolute Gasteiger partial charge is 0.489 e. The van der Waals surface area contributed by atoms with Gasteiger partial charge in [-0.1, -0.05) is 31.5 Å². The van der Waals surface area contributed by atoms with Crippen LogP contribution in [0.5, 0.6) is 17.4 Å². The van der Waals surface area contributed by atoms with E-state index in [9.17, 15) is 0 Å². The van der Waals surface area contributed by atoms with Crippen LogP contribution >= 0.6 is 11.6 Å². The molecular weight excluding hydrogens is 276 g/mol. The van der Waals surface area contributed by atoms with Gasteiger partial charge < -0.3 is 9.47 Å². The molecule has 1 heterocycles. The Kier molecular flexibility index (Phi) is 4.45. The lowest BCUT2D eigenvalue weighted by Crippen LogP contribution is -1.97. The predicted octanol–water partition coefficient (Wildman–Crippen LogP) is 4.36. The van der Waals surface area contributed by atoms with Crippen LogP contribution in [0.25, 0.3) is 0 Å². The zero-order valence-corrected chi connectivity index (χ0v) is 12.7. The van der Waals surface area contributed by atoms with Gasteiger partial charge in [0.2, 0.25) is 5.75 Å². The first-order valence-electron chi connectivity index (χ1n) is 6.35. The average Bonchev–Trinajstić information content (AvgIpc) is 2.38. The normalized spacial score (nSPS) is 10.7. The highest BCUT2D eigenvalue weighted by molar-refractivity contribution is 6.31. The van der Waals surface area contributed by atoms with Crippen LogP contribution in [-0.2, 0) is 0 Å². The smallest absolute Gasteiger partial charge is 0.267 e. The maximum atomic E-state index is 5.94. The third kappa shape index (κ3) is 3.02. The standard InChI is InChI=1S/C15H17ClN2O2/c1-9(2)12-6-5-11(7-10(12)3)20-15-13(19-4)14(16)17-8-18-15/h5-9H,1-4H3. The number of hydrogen-bond donors (Lipinski definition) is 0. The molecule has 0 aliphatic heterocycles. The van der Waals surface area contributed by atoms with E-state index in [1.165, 1.54) is 24.6 Å². The molecule has 2 aromatic rings. The molecule has 0 bridgehead atoms. The fourth-order valence-corrected chi connectivity index (χ4v) is 2.25. The van der Waals surface area contributed by atoms with Gasteiger partial charge in [-0.15, -0.1) is 0 Å². The Labute approximate surface area is 123 Å². The molecule has 0 fully saturated rings. The first-order valence-corrected chi connectivity index (χ1v) is 6.73. The van der Waals surface area contributed by atoms with Gasteiger partial charge in [0.1, 0.15) is 12.1 Å². The molecule has 0 aliphatic carbocycles. The summed E-state index contributed by atoms with van der Waals surface area (Å²) in [6.45, 7) is 6.39. The van der Waals surface area contributed by atoms with Crippen LogP contribution in [0.2, 0.25) is 5.15 Å². The van der Waals surface area contributed by atoms with Crippen LogP contribution in [0.1, 0.15) is 30.9 Å². The van der Waals surface area contributed by atoms with Crippen molar-refractivity contribution in [2.24, 2.45) is 0 Å². The number of hydrogen-bond acceptors (Lipinski definition) is 4. The molecular formula is C15H17ClN2O2. The summed E-state index contributed by atoms with van der Waals surface area (Å²) in [6.07, 6.45) is 1.34. The Balaban J connectivity index is 2.31. The van der Waals surface area contributed by atoms with Crippen molar-refractivity contribution in [3.8, 4) is 17.4 Å². The summed E-state index contributed by atoms with van der Waals surface area (Å²) in [6, 6.07) is 5.95. The van der Waals surface area contributed by atoms with E-state index in [0.29, 0.717) is 23.3 Å². The molecule has 0 spiro atoms. The zero-order valence-electron chi connectivity index (χ0n) is 12.0. The van der Waals surface area contributed by atoms with Crippen LogP contribution in [-0.4, -0.2) is 17.1 Å². The van der Waals surface area contributed by atoms with Crippen molar-refractivity contribution in [2.75, 3.05) is 7.11 Å². The summed E-state index contributed by atoms with van der Waals surface area (Å²) in [7, 11) is 1.50. The molecule has 0 saturated carbocycles. The third-order valence-electron chi connectivity index (χ3n) is 3.01. The second-order valence-electron chi connectivity index (χ2n) is 4.78. The molecule has 0 atom stereocenters. The maximum Gasteiger partial charge on any atom is 0.267 e. The number of benzene rings is 1. The van der Waals surface area contributed by atoms with Gasteiger partial charge in [0.25, 0.3) is 5.88 Å². The quantitative estimate of drug-likeness (QED) is 0.785. The van der Waals surface area contributed by atoms with E-state index in [2.05, 4.69) is 36.8 Å². The van der Waals surface area contributed by atoms with Gasteiger partial charge in [0, 0.05) is 0 Å². The number of ether oxygens (including phenoxy) is 2. The van der Waals surface area contributed by atoms with E-state index >= 15 is 0 Å². The summed E-state index contributed by atoms with van der Waals surface area (Å²) in [4.78, 5) is 7.91. The lowest BCUT2D eigenvalue weighted by Gasteiger charge is -2.13. The van der Waals surface area contributed by atoms with Gasteiger partial charge in [-0.2, -0.15) is 4.98 Å². The molecule has 0 N–H and O–H groups in total. The summed E-state index contributed by atoms with van der Waals surface area (Å²) in [5, 5.41) is 0.230. The lowest BCUT2D eigenvalue weighted by molar-refractivity contribution is 0.367. The van der Waals surface area contributed by atoms with Crippen molar-refractivity contribution in [1.82, 2.24) is 9.97 Å². The molecule has 0 radical (unpaired) electrons. The van der Waals surface area contributed by atoms with Crippen molar-refractivity contribution < 1.29 is 9.47 Å². The highest BCUT2D eigenvalue weighted by atomic mass is 35.5. The molecule has 5 heteroatoms. The summed E-state index contributed by atoms with van der Waals surface area (Å²) in [5.74, 6) is 1.82. The van der Waals surface area contributed by atoms with Gasteiger partial charge in [-0.25, -0.2) is 4.98 Å². The molecule has 0 amide bonds. The molecule has 1 aromatic heterocycles. The summed E-state index contributed by atoms with van der Waals surface area (Å²) < 4.78 is 10.9. The zero-order chi connectivity index (χ0) is 14.7. The monoisotopic (exact) mass is 292 g/mol. The first-order chi connectivity index (χ1) is 9.52. The van der Waals surface area contributed by atoms with Crippen molar-refractivity contribution in [3.05, 3.63) is 40.8 Å². The van der Waals surface area contributed by atoms with Crippen molar-refractivity contribution in [1.29, 1.82) is 0 Å². The Morgan fingerprint density at radius 2 is 1.95 bits per heavy atom. The number of aryl methyl sites for hydroxylation is 1. The van der Waals surface area contributed by atoms with E-state index in [-0.39, 0.29) is 5.15 Å². The first kappa shape index (κ1) is 14.6. The highest BCUT2D eigenvalue weighted by Gasteiger charge is 2.13. The Morgan fingerprint density at radius 1 is 1.20 bits per heavy atom. The second kappa shape index (κ2) is 6.09. The Bertz CT molecular complexity index is 615.